The van der Waals surface area contributed by atoms with Crippen molar-refractivity contribution < 1.29 is 14.7 Å². The molecule has 0 saturated carbocycles. The molecule has 0 fully saturated rings. The van der Waals surface area contributed by atoms with E-state index in [1.54, 1.807) is 6.07 Å². The maximum atomic E-state index is 11.1. The number of nitrogens with zero attached hydrogens (tertiary/aromatic N) is 3. The van der Waals surface area contributed by atoms with Crippen molar-refractivity contribution in [2.24, 2.45) is 5.73 Å². The Bertz CT molecular complexity index is 575. The van der Waals surface area contributed by atoms with Crippen LogP contribution in [0.25, 0.3) is 11.0 Å². The molecule has 0 aliphatic heterocycles. The molecule has 0 aliphatic carbocycles. The summed E-state index contributed by atoms with van der Waals surface area (Å²) in [7, 11) is 0. The zero-order valence-corrected chi connectivity index (χ0v) is 8.12. The predicted octanol–water partition coefficient (Wildman–Crippen LogP) is -0.385. The molecule has 7 heteroatoms. The van der Waals surface area contributed by atoms with E-state index < -0.39 is 11.9 Å². The summed E-state index contributed by atoms with van der Waals surface area (Å²) in [5, 5.41) is 9.12. The topological polar surface area (TPSA) is 111 Å². The molecule has 0 bridgehead atoms. The zero-order valence-electron chi connectivity index (χ0n) is 8.12. The molecule has 2 aromatic rings. The van der Waals surface area contributed by atoms with Crippen molar-refractivity contribution in [2.75, 3.05) is 0 Å². The number of carbonyl (C=O) groups is 2. The van der Waals surface area contributed by atoms with Crippen molar-refractivity contribution in [3.8, 4) is 0 Å². The molecular formula is C9H8N4O3. The number of aliphatic carboxylic acids is 1. The van der Waals surface area contributed by atoms with Crippen molar-refractivity contribution in [2.45, 2.75) is 6.54 Å². The van der Waals surface area contributed by atoms with Gasteiger partial charge in [-0.15, -0.1) is 0 Å². The molecule has 0 saturated heterocycles. The van der Waals surface area contributed by atoms with Gasteiger partial charge in [-0.05, 0) is 6.07 Å². The third-order valence-electron chi connectivity index (χ3n) is 2.10. The van der Waals surface area contributed by atoms with Gasteiger partial charge in [0.15, 0.2) is 0 Å². The standard InChI is InChI=1S/C9H8N4O3/c10-8(16)7-5-1-2-13(3-6(14)15)9(5)12-4-11-7/h1-2,4H,3H2,(H2,10,16)(H,14,15). The molecule has 0 unspecified atom stereocenters. The van der Waals surface area contributed by atoms with E-state index in [1.165, 1.54) is 17.1 Å². The number of carbonyl (C=O) groups excluding carboxylic acids is 1. The van der Waals surface area contributed by atoms with Crippen LogP contribution in [0.1, 0.15) is 10.5 Å². The lowest BCUT2D eigenvalue weighted by atomic mass is 10.3. The highest BCUT2D eigenvalue weighted by Crippen LogP contribution is 2.15. The summed E-state index contributed by atoms with van der Waals surface area (Å²) < 4.78 is 1.41. The van der Waals surface area contributed by atoms with Gasteiger partial charge < -0.3 is 15.4 Å². The average Bonchev–Trinajstić information content (AvgIpc) is 2.60. The van der Waals surface area contributed by atoms with E-state index in [2.05, 4.69) is 9.97 Å². The van der Waals surface area contributed by atoms with Crippen LogP contribution in [0.5, 0.6) is 0 Å². The maximum Gasteiger partial charge on any atom is 0.323 e. The SMILES string of the molecule is NC(=O)c1ncnc2c1ccn2CC(=O)O. The molecule has 0 spiro atoms. The van der Waals surface area contributed by atoms with E-state index in [0.29, 0.717) is 11.0 Å². The third kappa shape index (κ3) is 1.58. The Morgan fingerprint density at radius 3 is 2.81 bits per heavy atom. The minimum absolute atomic E-state index is 0.0918. The number of primary amides is 1. The highest BCUT2D eigenvalue weighted by atomic mass is 16.4. The van der Waals surface area contributed by atoms with Gasteiger partial charge in [-0.25, -0.2) is 9.97 Å². The quantitative estimate of drug-likeness (QED) is 0.732. The summed E-state index contributed by atoms with van der Waals surface area (Å²) >= 11 is 0. The molecule has 2 aromatic heterocycles. The van der Waals surface area contributed by atoms with E-state index >= 15 is 0 Å². The molecule has 3 N–H and O–H groups in total. The molecular weight excluding hydrogens is 212 g/mol. The molecule has 0 aromatic carbocycles. The highest BCUT2D eigenvalue weighted by Gasteiger charge is 2.13. The summed E-state index contributed by atoms with van der Waals surface area (Å²) in [6.45, 7) is -0.223. The minimum atomic E-state index is -0.989. The van der Waals surface area contributed by atoms with E-state index in [0.717, 1.165) is 0 Å². The molecule has 16 heavy (non-hydrogen) atoms. The van der Waals surface area contributed by atoms with Gasteiger partial charge in [0, 0.05) is 6.20 Å². The Morgan fingerprint density at radius 1 is 1.44 bits per heavy atom. The Morgan fingerprint density at radius 2 is 2.19 bits per heavy atom. The molecule has 82 valence electrons. The smallest absolute Gasteiger partial charge is 0.323 e. The van der Waals surface area contributed by atoms with Gasteiger partial charge >= 0.3 is 5.97 Å². The van der Waals surface area contributed by atoms with Gasteiger partial charge in [-0.1, -0.05) is 0 Å². The Balaban J connectivity index is 2.61. The van der Waals surface area contributed by atoms with Crippen LogP contribution in [-0.4, -0.2) is 31.5 Å². The highest BCUT2D eigenvalue weighted by molar-refractivity contribution is 6.02. The van der Waals surface area contributed by atoms with Crippen LogP contribution < -0.4 is 5.73 Å². The van der Waals surface area contributed by atoms with Crippen molar-refractivity contribution in [1.82, 2.24) is 14.5 Å². The summed E-state index contributed by atoms with van der Waals surface area (Å²) in [6, 6.07) is 1.57. The van der Waals surface area contributed by atoms with Gasteiger partial charge in [-0.2, -0.15) is 0 Å². The number of amides is 1. The van der Waals surface area contributed by atoms with Gasteiger partial charge in [-0.3, -0.25) is 9.59 Å². The fraction of sp³-hybridized carbons (Fsp3) is 0.111. The van der Waals surface area contributed by atoms with Crippen molar-refractivity contribution in [3.05, 3.63) is 24.3 Å². The van der Waals surface area contributed by atoms with Crippen LogP contribution in [-0.2, 0) is 11.3 Å². The summed E-state index contributed by atoms with van der Waals surface area (Å²) in [5.41, 5.74) is 5.61. The second-order valence-corrected chi connectivity index (χ2v) is 3.16. The molecule has 1 amide bonds. The van der Waals surface area contributed by atoms with E-state index in [1.807, 2.05) is 0 Å². The number of rotatable bonds is 3. The lowest BCUT2D eigenvalue weighted by Crippen LogP contribution is -2.14. The Kier molecular flexibility index (Phi) is 2.28. The predicted molar refractivity (Wildman–Crippen MR) is 53.7 cm³/mol. The summed E-state index contributed by atoms with van der Waals surface area (Å²) in [5.74, 6) is -1.66. The second-order valence-electron chi connectivity index (χ2n) is 3.16. The summed E-state index contributed by atoms with van der Waals surface area (Å²) in [6.07, 6.45) is 2.71. The van der Waals surface area contributed by atoms with Gasteiger partial charge in [0.05, 0.1) is 5.39 Å². The number of fused-ring (bicyclic) bond motifs is 1. The Labute approximate surface area is 89.5 Å². The number of hydrogen-bond donors (Lipinski definition) is 2. The van der Waals surface area contributed by atoms with Crippen molar-refractivity contribution in [1.29, 1.82) is 0 Å². The van der Waals surface area contributed by atoms with Crippen LogP contribution in [0.2, 0.25) is 0 Å². The van der Waals surface area contributed by atoms with Crippen LogP contribution in [0, 0.1) is 0 Å². The molecule has 7 nitrogen and oxygen atoms in total. The van der Waals surface area contributed by atoms with Crippen LogP contribution in [0.15, 0.2) is 18.6 Å². The van der Waals surface area contributed by atoms with E-state index in [9.17, 15) is 9.59 Å². The largest absolute Gasteiger partial charge is 0.480 e. The zero-order chi connectivity index (χ0) is 11.7. The number of carboxylic acids is 1. The van der Waals surface area contributed by atoms with Crippen molar-refractivity contribution >= 4 is 22.9 Å². The number of nitrogens with two attached hydrogens (primary N) is 1. The van der Waals surface area contributed by atoms with Crippen LogP contribution in [0.3, 0.4) is 0 Å². The summed E-state index contributed by atoms with van der Waals surface area (Å²) in [4.78, 5) is 29.3. The fourth-order valence-electron chi connectivity index (χ4n) is 1.47. The average molecular weight is 220 g/mol. The van der Waals surface area contributed by atoms with Crippen LogP contribution in [0.4, 0.5) is 0 Å². The number of carboxylic acid groups (broad SMARTS) is 1. The lowest BCUT2D eigenvalue weighted by molar-refractivity contribution is -0.137. The van der Waals surface area contributed by atoms with E-state index in [-0.39, 0.29) is 12.2 Å². The normalized spacial score (nSPS) is 10.5. The molecule has 2 rings (SSSR count). The molecule has 2 heterocycles. The first-order valence-corrected chi connectivity index (χ1v) is 4.41. The second kappa shape index (κ2) is 3.61. The maximum absolute atomic E-state index is 11.1. The molecule has 0 atom stereocenters. The monoisotopic (exact) mass is 220 g/mol. The first-order chi connectivity index (χ1) is 7.59. The first kappa shape index (κ1) is 10.1. The van der Waals surface area contributed by atoms with Gasteiger partial charge in [0.2, 0.25) is 0 Å². The minimum Gasteiger partial charge on any atom is -0.480 e. The van der Waals surface area contributed by atoms with Crippen molar-refractivity contribution in [3.63, 3.8) is 0 Å². The van der Waals surface area contributed by atoms with Crippen LogP contribution >= 0.6 is 0 Å². The molecule has 0 radical (unpaired) electrons. The number of hydrogen-bond acceptors (Lipinski definition) is 4. The fourth-order valence-corrected chi connectivity index (χ4v) is 1.47. The lowest BCUT2D eigenvalue weighted by Gasteiger charge is -2.00. The number of aromatic nitrogens is 3. The first-order valence-electron chi connectivity index (χ1n) is 4.41. The van der Waals surface area contributed by atoms with E-state index in [4.69, 9.17) is 10.8 Å². The van der Waals surface area contributed by atoms with Gasteiger partial charge in [0.1, 0.15) is 24.2 Å². The third-order valence-corrected chi connectivity index (χ3v) is 2.10. The van der Waals surface area contributed by atoms with Gasteiger partial charge in [0.25, 0.3) is 5.91 Å². The Hall–Kier alpha value is -2.44. The molecule has 0 aliphatic rings.